The molecule has 1 amide bonds. The molecule has 0 aliphatic heterocycles. The van der Waals surface area contributed by atoms with Crippen LogP contribution in [0.5, 0.6) is 0 Å². The van der Waals surface area contributed by atoms with Gasteiger partial charge in [0.05, 0.1) is 26.4 Å². The number of hydrogen-bond acceptors (Lipinski definition) is 6. The number of anilines is 1. The molecule has 0 aliphatic rings. The molecule has 1 aromatic heterocycles. The van der Waals surface area contributed by atoms with Gasteiger partial charge in [0, 0.05) is 19.2 Å². The van der Waals surface area contributed by atoms with Crippen LogP contribution in [-0.2, 0) is 11.8 Å². The number of aromatic nitrogens is 3. The number of nitro benzene ring substituents is 1. The maximum atomic E-state index is 14.0. The summed E-state index contributed by atoms with van der Waals surface area (Å²) < 4.78 is 15.6. The van der Waals surface area contributed by atoms with Crippen molar-refractivity contribution in [1.29, 1.82) is 0 Å². The Morgan fingerprint density at radius 1 is 1.31 bits per heavy atom. The van der Waals surface area contributed by atoms with Gasteiger partial charge in [0.2, 0.25) is 5.91 Å². The summed E-state index contributed by atoms with van der Waals surface area (Å²) in [4.78, 5) is 22.7. The number of rotatable bonds is 6. The molecule has 1 atom stereocenters. The lowest BCUT2D eigenvalue weighted by Gasteiger charge is -2.12. The molecule has 8 nitrogen and oxygen atoms in total. The molecule has 0 bridgehead atoms. The van der Waals surface area contributed by atoms with Crippen LogP contribution >= 0.6 is 23.4 Å². The van der Waals surface area contributed by atoms with Crippen molar-refractivity contribution in [3.8, 4) is 11.4 Å². The van der Waals surface area contributed by atoms with Crippen LogP contribution in [0.2, 0.25) is 5.02 Å². The third-order valence-corrected chi connectivity index (χ3v) is 5.47. The second-order valence-corrected chi connectivity index (χ2v) is 7.73. The fourth-order valence-corrected chi connectivity index (χ4v) is 3.50. The van der Waals surface area contributed by atoms with E-state index in [0.29, 0.717) is 16.5 Å². The molecule has 2 aromatic carbocycles. The highest BCUT2D eigenvalue weighted by molar-refractivity contribution is 8.00. The Bertz CT molecular complexity index is 1090. The van der Waals surface area contributed by atoms with Gasteiger partial charge in [0.1, 0.15) is 5.82 Å². The fourth-order valence-electron chi connectivity index (χ4n) is 2.46. The lowest BCUT2D eigenvalue weighted by molar-refractivity contribution is -0.384. The summed E-state index contributed by atoms with van der Waals surface area (Å²) in [5, 5.41) is 21.4. The lowest BCUT2D eigenvalue weighted by atomic mass is 10.2. The molecule has 1 unspecified atom stereocenters. The van der Waals surface area contributed by atoms with Crippen molar-refractivity contribution in [2.75, 3.05) is 5.32 Å². The van der Waals surface area contributed by atoms with Gasteiger partial charge in [0.25, 0.3) is 5.69 Å². The first-order valence-corrected chi connectivity index (χ1v) is 9.59. The second-order valence-electron chi connectivity index (χ2n) is 6.02. The Kier molecular flexibility index (Phi) is 6.14. The van der Waals surface area contributed by atoms with Crippen LogP contribution in [0, 0.1) is 15.9 Å². The van der Waals surface area contributed by atoms with Crippen molar-refractivity contribution in [2.24, 2.45) is 7.05 Å². The average molecular weight is 436 g/mol. The Hall–Kier alpha value is -2.98. The molecule has 0 aliphatic carbocycles. The Morgan fingerprint density at radius 3 is 2.69 bits per heavy atom. The number of carbonyl (C=O) groups excluding carboxylic acids is 1. The number of hydrogen-bond donors (Lipinski definition) is 1. The first kappa shape index (κ1) is 20.7. The van der Waals surface area contributed by atoms with Crippen LogP contribution in [-0.4, -0.2) is 30.8 Å². The third kappa shape index (κ3) is 4.54. The van der Waals surface area contributed by atoms with Crippen molar-refractivity contribution >= 4 is 40.6 Å². The first-order chi connectivity index (χ1) is 13.8. The van der Waals surface area contributed by atoms with E-state index in [4.69, 9.17) is 11.6 Å². The minimum atomic E-state index is -0.586. The molecular weight excluding hydrogens is 421 g/mol. The van der Waals surface area contributed by atoms with E-state index in [1.54, 1.807) is 36.7 Å². The minimum absolute atomic E-state index is 0.0604. The molecule has 29 heavy (non-hydrogen) atoms. The predicted molar refractivity (Wildman–Crippen MR) is 108 cm³/mol. The highest BCUT2D eigenvalue weighted by atomic mass is 35.5. The quantitative estimate of drug-likeness (QED) is 0.351. The SMILES string of the molecule is CC(Sc1nnc(-c2ccccc2F)n1C)C(=O)Nc1ccc([N+](=O)[O-])cc1Cl. The van der Waals surface area contributed by atoms with E-state index in [-0.39, 0.29) is 22.3 Å². The molecule has 3 rings (SSSR count). The van der Waals surface area contributed by atoms with Crippen molar-refractivity contribution in [3.05, 3.63) is 63.4 Å². The number of thioether (sulfide) groups is 1. The van der Waals surface area contributed by atoms with Gasteiger partial charge in [0.15, 0.2) is 11.0 Å². The van der Waals surface area contributed by atoms with E-state index < -0.39 is 16.0 Å². The summed E-state index contributed by atoms with van der Waals surface area (Å²) in [5.41, 5.74) is 0.402. The number of benzene rings is 2. The summed E-state index contributed by atoms with van der Waals surface area (Å²) in [6.07, 6.45) is 0. The Labute approximate surface area is 174 Å². The molecule has 150 valence electrons. The van der Waals surface area contributed by atoms with Gasteiger partial charge in [-0.1, -0.05) is 35.5 Å². The number of non-ortho nitro benzene ring substituents is 1. The largest absolute Gasteiger partial charge is 0.324 e. The molecule has 3 aromatic rings. The molecule has 1 heterocycles. The van der Waals surface area contributed by atoms with Gasteiger partial charge in [-0.3, -0.25) is 14.9 Å². The minimum Gasteiger partial charge on any atom is -0.324 e. The molecule has 0 saturated heterocycles. The lowest BCUT2D eigenvalue weighted by Crippen LogP contribution is -2.23. The average Bonchev–Trinajstić information content (AvgIpc) is 3.03. The number of nitrogens with one attached hydrogen (secondary N) is 1. The Balaban J connectivity index is 1.72. The smallest absolute Gasteiger partial charge is 0.271 e. The van der Waals surface area contributed by atoms with E-state index in [1.165, 1.54) is 24.3 Å². The highest BCUT2D eigenvalue weighted by Crippen LogP contribution is 2.30. The van der Waals surface area contributed by atoms with Crippen LogP contribution in [0.1, 0.15) is 6.92 Å². The van der Waals surface area contributed by atoms with Gasteiger partial charge >= 0.3 is 0 Å². The second kappa shape index (κ2) is 8.58. The highest BCUT2D eigenvalue weighted by Gasteiger charge is 2.21. The van der Waals surface area contributed by atoms with E-state index in [2.05, 4.69) is 15.5 Å². The predicted octanol–water partition coefficient (Wildman–Crippen LogP) is 4.30. The number of nitro groups is 1. The number of halogens is 2. The van der Waals surface area contributed by atoms with E-state index in [0.717, 1.165) is 11.8 Å². The third-order valence-electron chi connectivity index (χ3n) is 4.02. The monoisotopic (exact) mass is 435 g/mol. The molecule has 11 heteroatoms. The van der Waals surface area contributed by atoms with Gasteiger partial charge in [-0.2, -0.15) is 0 Å². The van der Waals surface area contributed by atoms with Crippen LogP contribution in [0.3, 0.4) is 0 Å². The van der Waals surface area contributed by atoms with Crippen LogP contribution in [0.25, 0.3) is 11.4 Å². The topological polar surface area (TPSA) is 103 Å². The maximum Gasteiger partial charge on any atom is 0.271 e. The summed E-state index contributed by atoms with van der Waals surface area (Å²) in [6, 6.07) is 10.0. The number of nitrogens with zero attached hydrogens (tertiary/aromatic N) is 4. The van der Waals surface area contributed by atoms with Gasteiger partial charge < -0.3 is 9.88 Å². The maximum absolute atomic E-state index is 14.0. The normalized spacial score (nSPS) is 11.9. The van der Waals surface area contributed by atoms with E-state index in [9.17, 15) is 19.3 Å². The standard InChI is InChI=1S/C18H15ClFN5O3S/c1-10(17(26)21-15-8-7-11(25(27)28)9-13(15)19)29-18-23-22-16(24(18)2)12-5-3-4-6-14(12)20/h3-10H,1-2H3,(H,21,26). The Morgan fingerprint density at radius 2 is 2.03 bits per heavy atom. The van der Waals surface area contributed by atoms with Crippen LogP contribution in [0.15, 0.2) is 47.6 Å². The summed E-state index contributed by atoms with van der Waals surface area (Å²) in [5.74, 6) is -0.448. The zero-order valence-electron chi connectivity index (χ0n) is 15.3. The van der Waals surface area contributed by atoms with Gasteiger partial charge in [-0.15, -0.1) is 10.2 Å². The summed E-state index contributed by atoms with van der Waals surface area (Å²) in [7, 11) is 1.68. The van der Waals surface area contributed by atoms with E-state index >= 15 is 0 Å². The number of amides is 1. The molecule has 0 saturated carbocycles. The summed E-state index contributed by atoms with van der Waals surface area (Å²) >= 11 is 7.14. The van der Waals surface area contributed by atoms with E-state index in [1.807, 2.05) is 0 Å². The van der Waals surface area contributed by atoms with Crippen LogP contribution < -0.4 is 5.32 Å². The van der Waals surface area contributed by atoms with Crippen molar-refractivity contribution < 1.29 is 14.1 Å². The zero-order valence-corrected chi connectivity index (χ0v) is 16.9. The van der Waals surface area contributed by atoms with Gasteiger partial charge in [-0.05, 0) is 25.1 Å². The summed E-state index contributed by atoms with van der Waals surface area (Å²) in [6.45, 7) is 1.66. The van der Waals surface area contributed by atoms with Crippen molar-refractivity contribution in [2.45, 2.75) is 17.3 Å². The van der Waals surface area contributed by atoms with Gasteiger partial charge in [-0.25, -0.2) is 4.39 Å². The molecular formula is C18H15ClFN5O3S. The first-order valence-electron chi connectivity index (χ1n) is 8.33. The molecule has 0 fully saturated rings. The fraction of sp³-hybridized carbons (Fsp3) is 0.167. The molecule has 1 N–H and O–H groups in total. The molecule has 0 radical (unpaired) electrons. The molecule has 0 spiro atoms. The van der Waals surface area contributed by atoms with Crippen LogP contribution in [0.4, 0.5) is 15.8 Å². The zero-order chi connectivity index (χ0) is 21.1. The van der Waals surface area contributed by atoms with Crippen molar-refractivity contribution in [3.63, 3.8) is 0 Å². The number of carbonyl (C=O) groups is 1. The van der Waals surface area contributed by atoms with Crippen molar-refractivity contribution in [1.82, 2.24) is 14.8 Å².